The van der Waals surface area contributed by atoms with Crippen molar-refractivity contribution >= 4 is 22.7 Å². The van der Waals surface area contributed by atoms with Crippen LogP contribution in [0.3, 0.4) is 0 Å². The van der Waals surface area contributed by atoms with Crippen LogP contribution < -0.4 is 0 Å². The normalized spacial score (nSPS) is 11.2. The van der Waals surface area contributed by atoms with E-state index in [9.17, 15) is 0 Å². The summed E-state index contributed by atoms with van der Waals surface area (Å²) >= 11 is 6.00. The molecule has 0 unspecified atom stereocenters. The van der Waals surface area contributed by atoms with Crippen molar-refractivity contribution in [2.24, 2.45) is 0 Å². The smallest absolute Gasteiger partial charge is 0.227 e. The molecule has 0 atom stereocenters. The number of fused-ring (bicyclic) bond motifs is 1. The van der Waals surface area contributed by atoms with Gasteiger partial charge in [-0.1, -0.05) is 17.7 Å². The van der Waals surface area contributed by atoms with E-state index in [2.05, 4.69) is 15.2 Å². The summed E-state index contributed by atoms with van der Waals surface area (Å²) in [7, 11) is 0. The number of benzene rings is 2. The average molecular weight is 311 g/mol. The van der Waals surface area contributed by atoms with Gasteiger partial charge in [-0.3, -0.25) is 4.57 Å². The predicted octanol–water partition coefficient (Wildman–Crippen LogP) is 4.04. The highest BCUT2D eigenvalue weighted by atomic mass is 35.5. The standard InChI is InChI=1S/C16H11ClN4O/c1-10-12(3-2-4-14(10)21-8-18-19-9-21)16-20-13-7-11(17)5-6-15(13)22-16/h2-9H,1H3. The number of aromatic nitrogens is 4. The molecule has 108 valence electrons. The van der Waals surface area contributed by atoms with Gasteiger partial charge in [0.25, 0.3) is 0 Å². The Morgan fingerprint density at radius 3 is 2.73 bits per heavy atom. The lowest BCUT2D eigenvalue weighted by Crippen LogP contribution is -1.96. The SMILES string of the molecule is Cc1c(-c2nc3cc(Cl)ccc3o2)cccc1-n1cnnc1. The first kappa shape index (κ1) is 13.0. The fourth-order valence-corrected chi connectivity index (χ4v) is 2.64. The second-order valence-electron chi connectivity index (χ2n) is 4.95. The van der Waals surface area contributed by atoms with Gasteiger partial charge in [-0.2, -0.15) is 0 Å². The fourth-order valence-electron chi connectivity index (χ4n) is 2.48. The predicted molar refractivity (Wildman–Crippen MR) is 84.1 cm³/mol. The number of oxazole rings is 1. The molecule has 6 heteroatoms. The second kappa shape index (κ2) is 4.96. The Balaban J connectivity index is 1.89. The highest BCUT2D eigenvalue weighted by Gasteiger charge is 2.13. The van der Waals surface area contributed by atoms with E-state index in [0.29, 0.717) is 16.5 Å². The van der Waals surface area contributed by atoms with Crippen molar-refractivity contribution in [3.05, 3.63) is 59.6 Å². The lowest BCUT2D eigenvalue weighted by molar-refractivity contribution is 0.619. The molecule has 0 N–H and O–H groups in total. The summed E-state index contributed by atoms with van der Waals surface area (Å²) in [5.41, 5.74) is 4.42. The van der Waals surface area contributed by atoms with Crippen LogP contribution in [0.5, 0.6) is 0 Å². The van der Waals surface area contributed by atoms with Crippen LogP contribution in [-0.4, -0.2) is 19.7 Å². The highest BCUT2D eigenvalue weighted by Crippen LogP contribution is 2.30. The lowest BCUT2D eigenvalue weighted by atomic mass is 10.1. The maximum Gasteiger partial charge on any atom is 0.227 e. The zero-order valence-corrected chi connectivity index (χ0v) is 12.4. The van der Waals surface area contributed by atoms with Gasteiger partial charge in [0.15, 0.2) is 5.58 Å². The Kier molecular flexibility index (Phi) is 2.94. The monoisotopic (exact) mass is 310 g/mol. The van der Waals surface area contributed by atoms with E-state index in [1.807, 2.05) is 35.8 Å². The van der Waals surface area contributed by atoms with Crippen LogP contribution in [-0.2, 0) is 0 Å². The van der Waals surface area contributed by atoms with Crippen LogP contribution in [0.25, 0.3) is 28.2 Å². The number of nitrogens with zero attached hydrogens (tertiary/aromatic N) is 4. The molecule has 4 aromatic rings. The van der Waals surface area contributed by atoms with Crippen molar-refractivity contribution in [1.29, 1.82) is 0 Å². The molecule has 0 saturated heterocycles. The van der Waals surface area contributed by atoms with E-state index >= 15 is 0 Å². The molecular weight excluding hydrogens is 300 g/mol. The first-order chi connectivity index (χ1) is 10.7. The molecule has 2 heterocycles. The van der Waals surface area contributed by atoms with Gasteiger partial charge >= 0.3 is 0 Å². The number of rotatable bonds is 2. The van der Waals surface area contributed by atoms with E-state index in [0.717, 1.165) is 22.3 Å². The molecule has 0 aliphatic rings. The van der Waals surface area contributed by atoms with Gasteiger partial charge in [0.1, 0.15) is 18.2 Å². The molecule has 4 rings (SSSR count). The van der Waals surface area contributed by atoms with Crippen molar-refractivity contribution in [1.82, 2.24) is 19.7 Å². The number of halogens is 1. The molecule has 0 saturated carbocycles. The van der Waals surface area contributed by atoms with Crippen LogP contribution >= 0.6 is 11.6 Å². The quantitative estimate of drug-likeness (QED) is 0.561. The van der Waals surface area contributed by atoms with Crippen molar-refractivity contribution < 1.29 is 4.42 Å². The van der Waals surface area contributed by atoms with Gasteiger partial charge in [0, 0.05) is 10.6 Å². The molecule has 0 fully saturated rings. The summed E-state index contributed by atoms with van der Waals surface area (Å²) in [4.78, 5) is 4.54. The van der Waals surface area contributed by atoms with Crippen LogP contribution in [0.2, 0.25) is 5.02 Å². The summed E-state index contributed by atoms with van der Waals surface area (Å²) in [6.45, 7) is 2.02. The van der Waals surface area contributed by atoms with Gasteiger partial charge in [0.2, 0.25) is 5.89 Å². The molecule has 0 bridgehead atoms. The minimum atomic E-state index is 0.574. The summed E-state index contributed by atoms with van der Waals surface area (Å²) in [5.74, 6) is 0.574. The largest absolute Gasteiger partial charge is 0.436 e. The maximum absolute atomic E-state index is 6.00. The Hall–Kier alpha value is -2.66. The molecule has 0 radical (unpaired) electrons. The maximum atomic E-state index is 6.00. The lowest BCUT2D eigenvalue weighted by Gasteiger charge is -2.08. The molecule has 2 aromatic heterocycles. The van der Waals surface area contributed by atoms with Gasteiger partial charge < -0.3 is 4.42 Å². The Morgan fingerprint density at radius 1 is 1.09 bits per heavy atom. The Bertz CT molecular complexity index is 960. The summed E-state index contributed by atoms with van der Waals surface area (Å²) in [5, 5.41) is 8.33. The summed E-state index contributed by atoms with van der Waals surface area (Å²) < 4.78 is 7.71. The highest BCUT2D eigenvalue weighted by molar-refractivity contribution is 6.31. The third-order valence-corrected chi connectivity index (χ3v) is 3.82. The fraction of sp³-hybridized carbons (Fsp3) is 0.0625. The van der Waals surface area contributed by atoms with E-state index < -0.39 is 0 Å². The second-order valence-corrected chi connectivity index (χ2v) is 5.39. The Labute approximate surface area is 131 Å². The summed E-state index contributed by atoms with van der Waals surface area (Å²) in [6, 6.07) is 11.4. The number of hydrogen-bond acceptors (Lipinski definition) is 4. The van der Waals surface area contributed by atoms with Gasteiger partial charge in [-0.15, -0.1) is 10.2 Å². The first-order valence-corrected chi connectivity index (χ1v) is 7.11. The van der Waals surface area contributed by atoms with Gasteiger partial charge in [-0.05, 0) is 42.8 Å². The van der Waals surface area contributed by atoms with E-state index in [4.69, 9.17) is 16.0 Å². The molecule has 22 heavy (non-hydrogen) atoms. The average Bonchev–Trinajstić information content (AvgIpc) is 3.15. The topological polar surface area (TPSA) is 56.7 Å². The third kappa shape index (κ3) is 2.07. The molecule has 0 aliphatic heterocycles. The van der Waals surface area contributed by atoms with Crippen molar-refractivity contribution in [3.8, 4) is 17.1 Å². The Morgan fingerprint density at radius 2 is 1.91 bits per heavy atom. The van der Waals surface area contributed by atoms with Crippen molar-refractivity contribution in [2.45, 2.75) is 6.92 Å². The van der Waals surface area contributed by atoms with E-state index in [1.165, 1.54) is 0 Å². The van der Waals surface area contributed by atoms with E-state index in [-0.39, 0.29) is 0 Å². The van der Waals surface area contributed by atoms with Crippen LogP contribution in [0.15, 0.2) is 53.5 Å². The molecule has 0 amide bonds. The molecule has 2 aromatic carbocycles. The van der Waals surface area contributed by atoms with E-state index in [1.54, 1.807) is 24.8 Å². The molecule has 0 aliphatic carbocycles. The molecule has 0 spiro atoms. The minimum Gasteiger partial charge on any atom is -0.436 e. The van der Waals surface area contributed by atoms with Crippen molar-refractivity contribution in [3.63, 3.8) is 0 Å². The molecule has 5 nitrogen and oxygen atoms in total. The van der Waals surface area contributed by atoms with Crippen LogP contribution in [0, 0.1) is 6.92 Å². The van der Waals surface area contributed by atoms with Crippen molar-refractivity contribution in [2.75, 3.05) is 0 Å². The first-order valence-electron chi connectivity index (χ1n) is 6.73. The van der Waals surface area contributed by atoms with Gasteiger partial charge in [0.05, 0.1) is 5.69 Å². The zero-order valence-electron chi connectivity index (χ0n) is 11.7. The zero-order chi connectivity index (χ0) is 15.1. The van der Waals surface area contributed by atoms with Gasteiger partial charge in [-0.25, -0.2) is 4.98 Å². The number of hydrogen-bond donors (Lipinski definition) is 0. The minimum absolute atomic E-state index is 0.574. The van der Waals surface area contributed by atoms with Crippen LogP contribution in [0.1, 0.15) is 5.56 Å². The van der Waals surface area contributed by atoms with Crippen LogP contribution in [0.4, 0.5) is 0 Å². The summed E-state index contributed by atoms with van der Waals surface area (Å²) in [6.07, 6.45) is 3.33. The molecular formula is C16H11ClN4O. The third-order valence-electron chi connectivity index (χ3n) is 3.58.